The number of halogens is 1. The van der Waals surface area contributed by atoms with E-state index in [0.29, 0.717) is 5.69 Å². The number of hydrogen-bond donors (Lipinski definition) is 1. The Balaban J connectivity index is 0.00000208. The number of aromatic nitrogens is 1. The van der Waals surface area contributed by atoms with E-state index in [9.17, 15) is 4.79 Å². The first-order valence-electron chi connectivity index (χ1n) is 7.74. The lowest BCUT2D eigenvalue weighted by Crippen LogP contribution is -3.00. The molecule has 1 amide bonds. The first-order chi connectivity index (χ1) is 11.1. The molecule has 1 heterocycles. The SMILES string of the molecule is CN(C)CCn1c(C(=O)Nc2ccccc2)cc2ccccc21.[Cl-]. The van der Waals surface area contributed by atoms with Crippen molar-refractivity contribution in [2.24, 2.45) is 0 Å². The van der Waals surface area contributed by atoms with E-state index in [-0.39, 0.29) is 18.3 Å². The van der Waals surface area contributed by atoms with Crippen molar-refractivity contribution in [2.45, 2.75) is 6.54 Å². The van der Waals surface area contributed by atoms with E-state index in [2.05, 4.69) is 20.9 Å². The number of nitrogens with one attached hydrogen (secondary N) is 1. The molecule has 1 aromatic heterocycles. The van der Waals surface area contributed by atoms with Crippen molar-refractivity contribution in [2.75, 3.05) is 26.0 Å². The molecule has 0 aliphatic heterocycles. The molecule has 0 spiro atoms. The monoisotopic (exact) mass is 342 g/mol. The van der Waals surface area contributed by atoms with Crippen LogP contribution in [0.5, 0.6) is 0 Å². The fourth-order valence-electron chi connectivity index (χ4n) is 2.66. The second-order valence-electron chi connectivity index (χ2n) is 5.86. The third kappa shape index (κ3) is 3.96. The van der Waals surface area contributed by atoms with Gasteiger partial charge in [0.1, 0.15) is 5.69 Å². The Bertz CT molecular complexity index is 812. The van der Waals surface area contributed by atoms with Gasteiger partial charge in [0.15, 0.2) is 0 Å². The summed E-state index contributed by atoms with van der Waals surface area (Å²) in [6.45, 7) is 1.66. The normalized spacial score (nSPS) is 10.6. The van der Waals surface area contributed by atoms with Gasteiger partial charge in [0.05, 0.1) is 0 Å². The van der Waals surface area contributed by atoms with Gasteiger partial charge in [-0.3, -0.25) is 4.79 Å². The zero-order valence-electron chi connectivity index (χ0n) is 13.9. The molecule has 4 nitrogen and oxygen atoms in total. The van der Waals surface area contributed by atoms with Gasteiger partial charge in [0.2, 0.25) is 0 Å². The van der Waals surface area contributed by atoms with Crippen LogP contribution in [0.4, 0.5) is 5.69 Å². The van der Waals surface area contributed by atoms with Crippen molar-refractivity contribution in [1.82, 2.24) is 9.47 Å². The standard InChI is InChI=1S/C19H21N3O.ClH/c1-21(2)12-13-22-17-11-7-6-8-15(17)14-18(22)19(23)20-16-9-4-3-5-10-16;/h3-11,14H,12-13H2,1-2H3,(H,20,23);1H/p-1. The Hall–Kier alpha value is -2.30. The lowest BCUT2D eigenvalue weighted by Gasteiger charge is -2.14. The van der Waals surface area contributed by atoms with Gasteiger partial charge >= 0.3 is 0 Å². The number of amides is 1. The Morgan fingerprint density at radius 3 is 2.42 bits per heavy atom. The van der Waals surface area contributed by atoms with Gasteiger partial charge in [-0.2, -0.15) is 0 Å². The van der Waals surface area contributed by atoms with Crippen molar-refractivity contribution < 1.29 is 17.2 Å². The van der Waals surface area contributed by atoms with Crippen molar-refractivity contribution in [3.05, 3.63) is 66.4 Å². The second-order valence-corrected chi connectivity index (χ2v) is 5.86. The van der Waals surface area contributed by atoms with Crippen LogP contribution in [0.2, 0.25) is 0 Å². The molecule has 0 saturated heterocycles. The number of carbonyl (C=O) groups is 1. The minimum Gasteiger partial charge on any atom is -1.00 e. The van der Waals surface area contributed by atoms with Crippen molar-refractivity contribution in [1.29, 1.82) is 0 Å². The van der Waals surface area contributed by atoms with Crippen LogP contribution in [0.15, 0.2) is 60.7 Å². The smallest absolute Gasteiger partial charge is 0.272 e. The van der Waals surface area contributed by atoms with Crippen LogP contribution in [0, 0.1) is 0 Å². The highest BCUT2D eigenvalue weighted by atomic mass is 35.5. The zero-order chi connectivity index (χ0) is 16.2. The van der Waals surface area contributed by atoms with Gasteiger partial charge in [-0.25, -0.2) is 0 Å². The number of nitrogens with zero attached hydrogens (tertiary/aromatic N) is 2. The first-order valence-corrected chi connectivity index (χ1v) is 7.74. The number of benzene rings is 2. The lowest BCUT2D eigenvalue weighted by atomic mass is 10.2. The highest BCUT2D eigenvalue weighted by Gasteiger charge is 2.15. The molecule has 0 aliphatic carbocycles. The van der Waals surface area contributed by atoms with E-state index in [1.54, 1.807) is 0 Å². The van der Waals surface area contributed by atoms with E-state index in [4.69, 9.17) is 0 Å². The molecule has 1 N–H and O–H groups in total. The summed E-state index contributed by atoms with van der Waals surface area (Å²) in [5.74, 6) is -0.0776. The number of hydrogen-bond acceptors (Lipinski definition) is 2. The van der Waals surface area contributed by atoms with Crippen LogP contribution in [-0.2, 0) is 6.54 Å². The summed E-state index contributed by atoms with van der Waals surface area (Å²) in [5.41, 5.74) is 2.59. The molecule has 0 atom stereocenters. The van der Waals surface area contributed by atoms with Gasteiger partial charge in [-0.15, -0.1) is 0 Å². The van der Waals surface area contributed by atoms with Crippen molar-refractivity contribution >= 4 is 22.5 Å². The van der Waals surface area contributed by atoms with Gasteiger partial charge in [0.25, 0.3) is 5.91 Å². The Kier molecular flexibility index (Phi) is 6.01. The number of para-hydroxylation sites is 2. The molecular weight excluding hydrogens is 322 g/mol. The number of rotatable bonds is 5. The van der Waals surface area contributed by atoms with Gasteiger partial charge in [-0.05, 0) is 38.4 Å². The summed E-state index contributed by atoms with van der Waals surface area (Å²) in [5, 5.41) is 4.06. The van der Waals surface area contributed by atoms with Crippen LogP contribution >= 0.6 is 0 Å². The molecule has 0 bridgehead atoms. The molecule has 0 fully saturated rings. The highest BCUT2D eigenvalue weighted by Crippen LogP contribution is 2.21. The summed E-state index contributed by atoms with van der Waals surface area (Å²) < 4.78 is 2.09. The average Bonchev–Trinajstić information content (AvgIpc) is 2.92. The highest BCUT2D eigenvalue weighted by molar-refractivity contribution is 6.06. The predicted octanol–water partition coefficient (Wildman–Crippen LogP) is 0.459. The summed E-state index contributed by atoms with van der Waals surface area (Å²) in [6, 6.07) is 19.6. The van der Waals surface area contributed by atoms with Gasteiger partial charge in [0, 0.05) is 29.7 Å². The second kappa shape index (κ2) is 7.99. The Morgan fingerprint density at radius 1 is 1.04 bits per heavy atom. The van der Waals surface area contributed by atoms with Crippen LogP contribution < -0.4 is 17.7 Å². The third-order valence-electron chi connectivity index (χ3n) is 3.85. The molecule has 2 aromatic carbocycles. The molecule has 0 unspecified atom stereocenters. The number of likely N-dealkylation sites (N-methyl/N-ethyl adjacent to an activating group) is 1. The van der Waals surface area contributed by atoms with Crippen LogP contribution in [0.3, 0.4) is 0 Å². The molecule has 0 aliphatic rings. The van der Waals surface area contributed by atoms with Crippen LogP contribution in [0.25, 0.3) is 10.9 Å². The summed E-state index contributed by atoms with van der Waals surface area (Å²) in [7, 11) is 4.07. The fourth-order valence-corrected chi connectivity index (χ4v) is 2.66. The predicted molar refractivity (Wildman–Crippen MR) is 94.9 cm³/mol. The minimum absolute atomic E-state index is 0. The largest absolute Gasteiger partial charge is 1.00 e. The Morgan fingerprint density at radius 2 is 1.71 bits per heavy atom. The topological polar surface area (TPSA) is 37.3 Å². The van der Waals surface area contributed by atoms with E-state index in [0.717, 1.165) is 29.7 Å². The first kappa shape index (κ1) is 18.0. The molecule has 0 saturated carbocycles. The van der Waals surface area contributed by atoms with Crippen molar-refractivity contribution in [3.63, 3.8) is 0 Å². The summed E-state index contributed by atoms with van der Waals surface area (Å²) in [6.07, 6.45) is 0. The fraction of sp³-hybridized carbons (Fsp3) is 0.211. The van der Waals surface area contributed by atoms with Crippen molar-refractivity contribution in [3.8, 4) is 0 Å². The van der Waals surface area contributed by atoms with E-state index < -0.39 is 0 Å². The Labute approximate surface area is 148 Å². The maximum absolute atomic E-state index is 12.7. The third-order valence-corrected chi connectivity index (χ3v) is 3.85. The molecule has 126 valence electrons. The van der Waals surface area contributed by atoms with Crippen LogP contribution in [-0.4, -0.2) is 36.0 Å². The van der Waals surface area contributed by atoms with E-state index in [1.807, 2.05) is 68.7 Å². The van der Waals surface area contributed by atoms with Gasteiger partial charge < -0.3 is 27.2 Å². The van der Waals surface area contributed by atoms with Gasteiger partial charge in [-0.1, -0.05) is 36.4 Å². The number of fused-ring (bicyclic) bond motifs is 1. The zero-order valence-corrected chi connectivity index (χ0v) is 14.6. The quantitative estimate of drug-likeness (QED) is 0.731. The average molecular weight is 343 g/mol. The maximum Gasteiger partial charge on any atom is 0.272 e. The number of anilines is 1. The molecule has 5 heteroatoms. The molecule has 0 radical (unpaired) electrons. The van der Waals surface area contributed by atoms with Crippen LogP contribution in [0.1, 0.15) is 10.5 Å². The van der Waals surface area contributed by atoms with E-state index >= 15 is 0 Å². The maximum atomic E-state index is 12.7. The molecule has 3 rings (SSSR count). The summed E-state index contributed by atoms with van der Waals surface area (Å²) >= 11 is 0. The molecule has 3 aromatic rings. The van der Waals surface area contributed by atoms with E-state index in [1.165, 1.54) is 0 Å². The lowest BCUT2D eigenvalue weighted by molar-refractivity contribution is -0.0000123. The minimum atomic E-state index is -0.0776. The summed E-state index contributed by atoms with van der Waals surface area (Å²) in [4.78, 5) is 14.8. The number of carbonyl (C=O) groups excluding carboxylic acids is 1. The molecular formula is C19H21ClN3O-. The molecule has 24 heavy (non-hydrogen) atoms.